The number of rotatable bonds is 3. The molecule has 8 heteroatoms. The Labute approximate surface area is 134 Å². The molecule has 1 aliphatic heterocycles. The molecule has 0 spiro atoms. The van der Waals surface area contributed by atoms with Crippen LogP contribution >= 0.6 is 23.2 Å². The molecule has 0 radical (unpaired) electrons. The molecular weight excluding hydrogens is 335 g/mol. The van der Waals surface area contributed by atoms with E-state index in [1.165, 1.54) is 16.4 Å². The van der Waals surface area contributed by atoms with Crippen molar-refractivity contribution >= 4 is 39.1 Å². The second-order valence-corrected chi connectivity index (χ2v) is 7.38. The van der Waals surface area contributed by atoms with E-state index in [-0.39, 0.29) is 33.9 Å². The zero-order valence-electron chi connectivity index (χ0n) is 11.6. The molecule has 1 amide bonds. The number of carbonyl (C=O) groups excluding carboxylic acids is 1. The van der Waals surface area contributed by atoms with Crippen LogP contribution in [-0.4, -0.2) is 49.7 Å². The van der Waals surface area contributed by atoms with Crippen molar-refractivity contribution in [2.24, 2.45) is 0 Å². The highest BCUT2D eigenvalue weighted by Gasteiger charge is 2.32. The number of carbonyl (C=O) groups is 1. The van der Waals surface area contributed by atoms with E-state index in [0.717, 1.165) is 0 Å². The molecule has 0 atom stereocenters. The van der Waals surface area contributed by atoms with Crippen LogP contribution in [0.3, 0.4) is 0 Å². The standard InChI is InChI=1S/C13H16Cl2N2O3S/c1-2-12(18)16-6-8-17(9-7-16)21(19,20)13-10(14)4-3-5-11(13)15/h3-5H,2,6-9H2,1H3. The largest absolute Gasteiger partial charge is 0.340 e. The smallest absolute Gasteiger partial charge is 0.246 e. The van der Waals surface area contributed by atoms with Crippen molar-refractivity contribution in [1.29, 1.82) is 0 Å². The molecule has 0 aromatic heterocycles. The Bertz CT molecular complexity index is 621. The monoisotopic (exact) mass is 350 g/mol. The van der Waals surface area contributed by atoms with Gasteiger partial charge in [-0.25, -0.2) is 8.42 Å². The van der Waals surface area contributed by atoms with E-state index in [0.29, 0.717) is 19.5 Å². The van der Waals surface area contributed by atoms with Crippen LogP contribution in [0.1, 0.15) is 13.3 Å². The van der Waals surface area contributed by atoms with Gasteiger partial charge >= 0.3 is 0 Å². The van der Waals surface area contributed by atoms with Crippen LogP contribution < -0.4 is 0 Å². The molecule has 1 aliphatic rings. The Hall–Kier alpha value is -0.820. The molecule has 0 aliphatic carbocycles. The predicted molar refractivity (Wildman–Crippen MR) is 82.1 cm³/mol. The predicted octanol–water partition coefficient (Wildman–Crippen LogP) is 2.24. The third-order valence-corrected chi connectivity index (χ3v) is 6.27. The molecule has 0 saturated carbocycles. The van der Waals surface area contributed by atoms with Gasteiger partial charge in [-0.15, -0.1) is 0 Å². The Kier molecular flexibility index (Phi) is 5.14. The second kappa shape index (κ2) is 6.52. The lowest BCUT2D eigenvalue weighted by Crippen LogP contribution is -2.50. The second-order valence-electron chi connectivity index (χ2n) is 4.69. The van der Waals surface area contributed by atoms with Gasteiger partial charge in [0.25, 0.3) is 0 Å². The number of amides is 1. The molecule has 1 heterocycles. The topological polar surface area (TPSA) is 57.7 Å². The van der Waals surface area contributed by atoms with Gasteiger partial charge in [0.2, 0.25) is 15.9 Å². The van der Waals surface area contributed by atoms with Gasteiger partial charge in [-0.05, 0) is 12.1 Å². The molecule has 0 N–H and O–H groups in total. The van der Waals surface area contributed by atoms with Crippen LogP contribution in [0.2, 0.25) is 10.0 Å². The minimum Gasteiger partial charge on any atom is -0.340 e. The van der Waals surface area contributed by atoms with Gasteiger partial charge < -0.3 is 4.90 Å². The molecule has 116 valence electrons. The highest BCUT2D eigenvalue weighted by molar-refractivity contribution is 7.89. The molecule has 0 unspecified atom stereocenters. The van der Waals surface area contributed by atoms with Gasteiger partial charge in [-0.1, -0.05) is 36.2 Å². The summed E-state index contributed by atoms with van der Waals surface area (Å²) >= 11 is 12.0. The maximum atomic E-state index is 12.6. The lowest BCUT2D eigenvalue weighted by Gasteiger charge is -2.34. The number of hydrogen-bond acceptors (Lipinski definition) is 3. The summed E-state index contributed by atoms with van der Waals surface area (Å²) in [5, 5.41) is 0.212. The summed E-state index contributed by atoms with van der Waals surface area (Å²) in [6.07, 6.45) is 0.420. The molecule has 1 aromatic rings. The maximum Gasteiger partial charge on any atom is 0.246 e. The number of piperazine rings is 1. The van der Waals surface area contributed by atoms with Crippen molar-refractivity contribution < 1.29 is 13.2 Å². The molecule has 5 nitrogen and oxygen atoms in total. The number of sulfonamides is 1. The summed E-state index contributed by atoms with van der Waals surface area (Å²) < 4.78 is 26.6. The van der Waals surface area contributed by atoms with Crippen LogP contribution in [0.25, 0.3) is 0 Å². The summed E-state index contributed by atoms with van der Waals surface area (Å²) in [5.74, 6) is 0.0304. The zero-order valence-corrected chi connectivity index (χ0v) is 13.9. The van der Waals surface area contributed by atoms with Gasteiger partial charge in [0, 0.05) is 32.6 Å². The Morgan fingerprint density at radius 1 is 1.14 bits per heavy atom. The first kappa shape index (κ1) is 16.5. The molecule has 1 saturated heterocycles. The lowest BCUT2D eigenvalue weighted by atomic mass is 10.3. The molecule has 0 bridgehead atoms. The van der Waals surface area contributed by atoms with Gasteiger partial charge in [0.1, 0.15) is 4.90 Å². The molecular formula is C13H16Cl2N2O3S. The van der Waals surface area contributed by atoms with E-state index in [2.05, 4.69) is 0 Å². The third-order valence-electron chi connectivity index (χ3n) is 3.41. The third kappa shape index (κ3) is 3.34. The minimum absolute atomic E-state index is 0.0304. The van der Waals surface area contributed by atoms with E-state index in [9.17, 15) is 13.2 Å². The van der Waals surface area contributed by atoms with E-state index >= 15 is 0 Å². The first-order valence-electron chi connectivity index (χ1n) is 6.60. The number of hydrogen-bond donors (Lipinski definition) is 0. The van der Waals surface area contributed by atoms with Crippen LogP contribution in [0.4, 0.5) is 0 Å². The van der Waals surface area contributed by atoms with Gasteiger partial charge in [0.15, 0.2) is 0 Å². The van der Waals surface area contributed by atoms with Gasteiger partial charge in [0.05, 0.1) is 10.0 Å². The van der Waals surface area contributed by atoms with Crippen molar-refractivity contribution in [2.75, 3.05) is 26.2 Å². The molecule has 21 heavy (non-hydrogen) atoms. The van der Waals surface area contributed by atoms with Crippen LogP contribution in [-0.2, 0) is 14.8 Å². The summed E-state index contributed by atoms with van der Waals surface area (Å²) in [7, 11) is -3.75. The number of nitrogens with zero attached hydrogens (tertiary/aromatic N) is 2. The quantitative estimate of drug-likeness (QED) is 0.839. The normalized spacial score (nSPS) is 17.0. The summed E-state index contributed by atoms with van der Waals surface area (Å²) in [6.45, 7) is 3.04. The first-order chi connectivity index (χ1) is 9.87. The van der Waals surface area contributed by atoms with E-state index < -0.39 is 10.0 Å². The SMILES string of the molecule is CCC(=O)N1CCN(S(=O)(=O)c2c(Cl)cccc2Cl)CC1. The van der Waals surface area contributed by atoms with Gasteiger partial charge in [-0.3, -0.25) is 4.79 Å². The van der Waals surface area contributed by atoms with Crippen molar-refractivity contribution in [1.82, 2.24) is 9.21 Å². The first-order valence-corrected chi connectivity index (χ1v) is 8.79. The zero-order chi connectivity index (χ0) is 15.6. The summed E-state index contributed by atoms with van der Waals surface area (Å²) in [5.41, 5.74) is 0. The maximum absolute atomic E-state index is 12.6. The van der Waals surface area contributed by atoms with Crippen LogP contribution in [0.15, 0.2) is 23.1 Å². The lowest BCUT2D eigenvalue weighted by molar-refractivity contribution is -0.132. The van der Waals surface area contributed by atoms with Gasteiger partial charge in [-0.2, -0.15) is 4.31 Å². The van der Waals surface area contributed by atoms with Crippen molar-refractivity contribution in [3.8, 4) is 0 Å². The average Bonchev–Trinajstić information content (AvgIpc) is 2.46. The Morgan fingerprint density at radius 2 is 1.67 bits per heavy atom. The average molecular weight is 351 g/mol. The van der Waals surface area contributed by atoms with Crippen molar-refractivity contribution in [3.63, 3.8) is 0 Å². The summed E-state index contributed by atoms with van der Waals surface area (Å²) in [4.78, 5) is 13.2. The molecule has 1 fully saturated rings. The summed E-state index contributed by atoms with van der Waals surface area (Å²) in [6, 6.07) is 4.59. The molecule has 2 rings (SSSR count). The van der Waals surface area contributed by atoms with Crippen molar-refractivity contribution in [3.05, 3.63) is 28.2 Å². The fourth-order valence-corrected chi connectivity index (χ4v) is 4.77. The fraction of sp³-hybridized carbons (Fsp3) is 0.462. The molecule has 1 aromatic carbocycles. The minimum atomic E-state index is -3.75. The van der Waals surface area contributed by atoms with E-state index in [1.54, 1.807) is 17.9 Å². The Balaban J connectivity index is 2.21. The van der Waals surface area contributed by atoms with E-state index in [1.807, 2.05) is 0 Å². The fourth-order valence-electron chi connectivity index (χ4n) is 2.26. The Morgan fingerprint density at radius 3 is 2.14 bits per heavy atom. The van der Waals surface area contributed by atoms with Crippen LogP contribution in [0.5, 0.6) is 0 Å². The highest BCUT2D eigenvalue weighted by atomic mass is 35.5. The highest BCUT2D eigenvalue weighted by Crippen LogP contribution is 2.31. The number of halogens is 2. The van der Waals surface area contributed by atoms with E-state index in [4.69, 9.17) is 23.2 Å². The van der Waals surface area contributed by atoms with Crippen molar-refractivity contribution in [2.45, 2.75) is 18.2 Å². The number of benzene rings is 1. The van der Waals surface area contributed by atoms with Crippen LogP contribution in [0, 0.1) is 0 Å².